The normalized spacial score (nSPS) is 9.73. The second-order valence-corrected chi connectivity index (χ2v) is 4.16. The highest BCUT2D eigenvalue weighted by Gasteiger charge is 2.14. The van der Waals surface area contributed by atoms with Gasteiger partial charge in [0, 0.05) is 0 Å². The SMILES string of the molecule is C=CC(=O)NCC(=O)c1scc(C)c1Cl. The van der Waals surface area contributed by atoms with Gasteiger partial charge in [0.15, 0.2) is 5.78 Å². The predicted molar refractivity (Wildman–Crippen MR) is 61.6 cm³/mol. The van der Waals surface area contributed by atoms with Crippen LogP contribution in [0, 0.1) is 6.92 Å². The van der Waals surface area contributed by atoms with E-state index in [2.05, 4.69) is 11.9 Å². The van der Waals surface area contributed by atoms with Gasteiger partial charge < -0.3 is 5.32 Å². The lowest BCUT2D eigenvalue weighted by atomic mass is 10.2. The highest BCUT2D eigenvalue weighted by atomic mass is 35.5. The van der Waals surface area contributed by atoms with E-state index in [1.807, 2.05) is 12.3 Å². The molecule has 5 heteroatoms. The van der Waals surface area contributed by atoms with Crippen LogP contribution in [0.2, 0.25) is 5.02 Å². The topological polar surface area (TPSA) is 46.2 Å². The lowest BCUT2D eigenvalue weighted by Crippen LogP contribution is -2.27. The van der Waals surface area contributed by atoms with Gasteiger partial charge in [-0.3, -0.25) is 9.59 Å². The first kappa shape index (κ1) is 11.9. The summed E-state index contributed by atoms with van der Waals surface area (Å²) in [6.45, 7) is 5.07. The van der Waals surface area contributed by atoms with Crippen molar-refractivity contribution >= 4 is 34.6 Å². The van der Waals surface area contributed by atoms with E-state index in [0.29, 0.717) is 9.90 Å². The molecule has 0 fully saturated rings. The Morgan fingerprint density at radius 1 is 1.67 bits per heavy atom. The molecule has 3 nitrogen and oxygen atoms in total. The summed E-state index contributed by atoms with van der Waals surface area (Å²) in [6.07, 6.45) is 1.12. The van der Waals surface area contributed by atoms with Gasteiger partial charge in [-0.05, 0) is 23.9 Å². The Morgan fingerprint density at radius 3 is 2.80 bits per heavy atom. The number of carbonyl (C=O) groups excluding carboxylic acids is 2. The Kier molecular flexibility index (Phi) is 4.05. The van der Waals surface area contributed by atoms with E-state index >= 15 is 0 Å². The fourth-order valence-electron chi connectivity index (χ4n) is 0.938. The molecule has 1 aromatic heterocycles. The van der Waals surface area contributed by atoms with Gasteiger partial charge in [0.05, 0.1) is 16.4 Å². The van der Waals surface area contributed by atoms with Crippen LogP contribution in [-0.4, -0.2) is 18.2 Å². The van der Waals surface area contributed by atoms with E-state index in [1.165, 1.54) is 11.3 Å². The van der Waals surface area contributed by atoms with Gasteiger partial charge in [0.2, 0.25) is 5.91 Å². The molecule has 0 saturated carbocycles. The minimum absolute atomic E-state index is 0.0511. The minimum Gasteiger partial charge on any atom is -0.345 e. The maximum atomic E-state index is 11.6. The second-order valence-electron chi connectivity index (χ2n) is 2.91. The number of rotatable bonds is 4. The first-order valence-electron chi connectivity index (χ1n) is 4.23. The quantitative estimate of drug-likeness (QED) is 0.651. The number of carbonyl (C=O) groups is 2. The summed E-state index contributed by atoms with van der Waals surface area (Å²) >= 11 is 7.19. The Balaban J connectivity index is 2.66. The molecule has 0 aliphatic rings. The van der Waals surface area contributed by atoms with Crippen LogP contribution in [-0.2, 0) is 4.79 Å². The third-order valence-corrected chi connectivity index (χ3v) is 3.50. The summed E-state index contributed by atoms with van der Waals surface area (Å²) in [6, 6.07) is 0. The van der Waals surface area contributed by atoms with Gasteiger partial charge >= 0.3 is 0 Å². The summed E-state index contributed by atoms with van der Waals surface area (Å²) in [5, 5.41) is 4.69. The number of hydrogen-bond donors (Lipinski definition) is 1. The van der Waals surface area contributed by atoms with Crippen molar-refractivity contribution in [3.8, 4) is 0 Å². The van der Waals surface area contributed by atoms with E-state index in [-0.39, 0.29) is 18.2 Å². The van der Waals surface area contributed by atoms with Crippen molar-refractivity contribution < 1.29 is 9.59 Å². The second kappa shape index (κ2) is 5.09. The van der Waals surface area contributed by atoms with Gasteiger partial charge in [0.25, 0.3) is 0 Å². The molecule has 1 heterocycles. The molecule has 1 amide bonds. The first-order valence-corrected chi connectivity index (χ1v) is 5.49. The van der Waals surface area contributed by atoms with E-state index in [0.717, 1.165) is 11.6 Å². The van der Waals surface area contributed by atoms with Crippen molar-refractivity contribution in [1.82, 2.24) is 5.32 Å². The Morgan fingerprint density at radius 2 is 2.33 bits per heavy atom. The molecule has 80 valence electrons. The maximum Gasteiger partial charge on any atom is 0.243 e. The zero-order valence-electron chi connectivity index (χ0n) is 8.17. The highest BCUT2D eigenvalue weighted by Crippen LogP contribution is 2.27. The van der Waals surface area contributed by atoms with Gasteiger partial charge in [0.1, 0.15) is 0 Å². The number of amides is 1. The van der Waals surface area contributed by atoms with Crippen molar-refractivity contribution in [3.05, 3.63) is 33.5 Å². The Hall–Kier alpha value is -1.13. The van der Waals surface area contributed by atoms with Gasteiger partial charge in [-0.1, -0.05) is 18.2 Å². The third kappa shape index (κ3) is 2.91. The number of nitrogens with one attached hydrogen (secondary N) is 1. The molecule has 1 N–H and O–H groups in total. The zero-order chi connectivity index (χ0) is 11.4. The van der Waals surface area contributed by atoms with Crippen molar-refractivity contribution in [1.29, 1.82) is 0 Å². The monoisotopic (exact) mass is 243 g/mol. The van der Waals surface area contributed by atoms with E-state index in [4.69, 9.17) is 11.6 Å². The Bertz CT molecular complexity index is 412. The minimum atomic E-state index is -0.368. The highest BCUT2D eigenvalue weighted by molar-refractivity contribution is 7.13. The summed E-state index contributed by atoms with van der Waals surface area (Å²) < 4.78 is 0. The first-order chi connectivity index (χ1) is 7.06. The number of Topliss-reactive ketones (excluding diaryl/α,β-unsaturated/α-hetero) is 1. The predicted octanol–water partition coefficient (Wildman–Crippen LogP) is 2.19. The van der Waals surface area contributed by atoms with Crippen molar-refractivity contribution in [3.63, 3.8) is 0 Å². The molecule has 1 aromatic rings. The molecular formula is C10H10ClNO2S. The number of ketones is 1. The number of aryl methyl sites for hydroxylation is 1. The van der Waals surface area contributed by atoms with Crippen LogP contribution >= 0.6 is 22.9 Å². The molecule has 0 aliphatic heterocycles. The number of halogens is 1. The third-order valence-electron chi connectivity index (χ3n) is 1.76. The summed E-state index contributed by atoms with van der Waals surface area (Å²) in [5.74, 6) is -0.555. The molecule has 0 spiro atoms. The van der Waals surface area contributed by atoms with Crippen LogP contribution < -0.4 is 5.32 Å². The van der Waals surface area contributed by atoms with E-state index in [1.54, 1.807) is 0 Å². The largest absolute Gasteiger partial charge is 0.345 e. The van der Waals surface area contributed by atoms with Gasteiger partial charge in [-0.2, -0.15) is 0 Å². The number of hydrogen-bond acceptors (Lipinski definition) is 3. The Labute approximate surface area is 96.7 Å². The number of thiophene rings is 1. The van der Waals surface area contributed by atoms with Crippen LogP contribution in [0.3, 0.4) is 0 Å². The van der Waals surface area contributed by atoms with Gasteiger partial charge in [-0.15, -0.1) is 11.3 Å². The average molecular weight is 244 g/mol. The maximum absolute atomic E-state index is 11.6. The fourth-order valence-corrected chi connectivity index (χ4v) is 2.18. The molecule has 1 rings (SSSR count). The van der Waals surface area contributed by atoms with Crippen LogP contribution in [0.25, 0.3) is 0 Å². The van der Waals surface area contributed by atoms with Crippen LogP contribution in [0.4, 0.5) is 0 Å². The van der Waals surface area contributed by atoms with Crippen molar-refractivity contribution in [2.24, 2.45) is 0 Å². The molecule has 15 heavy (non-hydrogen) atoms. The molecule has 0 aromatic carbocycles. The van der Waals surface area contributed by atoms with Crippen LogP contribution in [0.1, 0.15) is 15.2 Å². The van der Waals surface area contributed by atoms with E-state index in [9.17, 15) is 9.59 Å². The standard InChI is InChI=1S/C10H10ClNO2S/c1-3-8(14)12-4-7(13)10-9(11)6(2)5-15-10/h3,5H,1,4H2,2H3,(H,12,14). The van der Waals surface area contributed by atoms with Gasteiger partial charge in [-0.25, -0.2) is 0 Å². The van der Waals surface area contributed by atoms with Crippen LogP contribution in [0.15, 0.2) is 18.0 Å². The van der Waals surface area contributed by atoms with Crippen molar-refractivity contribution in [2.75, 3.05) is 6.54 Å². The van der Waals surface area contributed by atoms with Crippen molar-refractivity contribution in [2.45, 2.75) is 6.92 Å². The molecule has 0 aliphatic carbocycles. The lowest BCUT2D eigenvalue weighted by molar-refractivity contribution is -0.116. The molecule has 0 saturated heterocycles. The van der Waals surface area contributed by atoms with E-state index < -0.39 is 0 Å². The molecule has 0 radical (unpaired) electrons. The average Bonchev–Trinajstić information content (AvgIpc) is 2.56. The zero-order valence-corrected chi connectivity index (χ0v) is 9.74. The lowest BCUT2D eigenvalue weighted by Gasteiger charge is -2.00. The smallest absolute Gasteiger partial charge is 0.243 e. The summed E-state index contributed by atoms with van der Waals surface area (Å²) in [5.41, 5.74) is 0.875. The summed E-state index contributed by atoms with van der Waals surface area (Å²) in [4.78, 5) is 22.9. The van der Waals surface area contributed by atoms with Crippen LogP contribution in [0.5, 0.6) is 0 Å². The fraction of sp³-hybridized carbons (Fsp3) is 0.200. The molecular weight excluding hydrogens is 234 g/mol. The molecule has 0 unspecified atom stereocenters. The molecule has 0 atom stereocenters. The molecule has 0 bridgehead atoms. The summed E-state index contributed by atoms with van der Waals surface area (Å²) in [7, 11) is 0.